The van der Waals surface area contributed by atoms with Crippen LogP contribution in [0.5, 0.6) is 5.75 Å². The fraction of sp³-hybridized carbons (Fsp3) is 0.320. The number of hydrogen-bond donors (Lipinski definition) is 1. The van der Waals surface area contributed by atoms with Gasteiger partial charge in [0.15, 0.2) is 0 Å². The molecule has 6 heteroatoms. The summed E-state index contributed by atoms with van der Waals surface area (Å²) in [5.74, 6) is 0.631. The van der Waals surface area contributed by atoms with E-state index in [9.17, 15) is 9.18 Å². The van der Waals surface area contributed by atoms with Gasteiger partial charge < -0.3 is 14.6 Å². The average Bonchev–Trinajstić information content (AvgIpc) is 3.10. The van der Waals surface area contributed by atoms with Crippen LogP contribution in [-0.2, 0) is 11.2 Å². The Labute approximate surface area is 182 Å². The van der Waals surface area contributed by atoms with Crippen molar-refractivity contribution in [3.8, 4) is 5.75 Å². The molecular weight excluding hydrogens is 393 g/mol. The summed E-state index contributed by atoms with van der Waals surface area (Å²) in [7, 11) is 1.65. The largest absolute Gasteiger partial charge is 0.497 e. The molecule has 0 spiro atoms. The van der Waals surface area contributed by atoms with Crippen LogP contribution in [0.25, 0.3) is 17.0 Å². The highest BCUT2D eigenvalue weighted by Crippen LogP contribution is 2.27. The maximum Gasteiger partial charge on any atom is 0.246 e. The molecule has 31 heavy (non-hydrogen) atoms. The van der Waals surface area contributed by atoms with Crippen LogP contribution in [0.3, 0.4) is 0 Å². The van der Waals surface area contributed by atoms with Gasteiger partial charge in [-0.2, -0.15) is 0 Å². The zero-order valence-corrected chi connectivity index (χ0v) is 18.0. The zero-order valence-electron chi connectivity index (χ0n) is 18.0. The number of H-pyrrole nitrogens is 1. The van der Waals surface area contributed by atoms with Gasteiger partial charge in [-0.1, -0.05) is 12.1 Å². The van der Waals surface area contributed by atoms with Crippen molar-refractivity contribution < 1.29 is 13.9 Å². The van der Waals surface area contributed by atoms with Gasteiger partial charge in [0.2, 0.25) is 5.91 Å². The third-order valence-corrected chi connectivity index (χ3v) is 5.93. The van der Waals surface area contributed by atoms with E-state index in [1.165, 1.54) is 6.07 Å². The molecule has 0 saturated carbocycles. The van der Waals surface area contributed by atoms with Crippen LogP contribution in [0.4, 0.5) is 4.39 Å². The molecule has 0 aliphatic carbocycles. The summed E-state index contributed by atoms with van der Waals surface area (Å²) in [6.07, 6.45) is 4.37. The highest BCUT2D eigenvalue weighted by Gasteiger charge is 2.19. The molecule has 1 aliphatic rings. The number of benzene rings is 2. The molecule has 1 aliphatic heterocycles. The van der Waals surface area contributed by atoms with Crippen LogP contribution in [-0.4, -0.2) is 60.5 Å². The number of fused-ring (bicyclic) bond motifs is 1. The lowest BCUT2D eigenvalue weighted by Crippen LogP contribution is -2.48. The molecule has 2 heterocycles. The maximum absolute atomic E-state index is 13.3. The second-order valence-corrected chi connectivity index (χ2v) is 7.96. The zero-order chi connectivity index (χ0) is 21.8. The second kappa shape index (κ2) is 9.35. The quantitative estimate of drug-likeness (QED) is 0.612. The van der Waals surface area contributed by atoms with E-state index < -0.39 is 0 Å². The molecule has 1 fully saturated rings. The molecule has 1 aromatic heterocycles. The van der Waals surface area contributed by atoms with Gasteiger partial charge in [-0.25, -0.2) is 4.39 Å². The molecule has 1 saturated heterocycles. The number of nitrogens with zero attached hydrogens (tertiary/aromatic N) is 2. The first-order chi connectivity index (χ1) is 15.0. The molecule has 0 radical (unpaired) electrons. The van der Waals surface area contributed by atoms with E-state index in [1.807, 2.05) is 42.2 Å². The smallest absolute Gasteiger partial charge is 0.246 e. The summed E-state index contributed by atoms with van der Waals surface area (Å²) >= 11 is 0. The molecule has 1 amide bonds. The highest BCUT2D eigenvalue weighted by atomic mass is 19.1. The molecule has 4 rings (SSSR count). The third kappa shape index (κ3) is 4.97. The molecule has 162 valence electrons. The number of aryl methyl sites for hydroxylation is 1. The van der Waals surface area contributed by atoms with Gasteiger partial charge >= 0.3 is 0 Å². The van der Waals surface area contributed by atoms with Gasteiger partial charge in [-0.3, -0.25) is 9.69 Å². The minimum atomic E-state index is -0.191. The number of piperazine rings is 1. The van der Waals surface area contributed by atoms with Gasteiger partial charge in [0.1, 0.15) is 11.6 Å². The number of carbonyl (C=O) groups excluding carboxylic acids is 1. The number of methoxy groups -OCH3 is 1. The Bertz CT molecular complexity index is 1100. The van der Waals surface area contributed by atoms with Crippen LogP contribution < -0.4 is 4.74 Å². The highest BCUT2D eigenvalue weighted by molar-refractivity contribution is 5.97. The van der Waals surface area contributed by atoms with Crippen molar-refractivity contribution in [2.75, 3.05) is 39.8 Å². The molecule has 0 atom stereocenters. The molecule has 0 unspecified atom stereocenters. The van der Waals surface area contributed by atoms with Gasteiger partial charge in [-0.05, 0) is 55.3 Å². The SMILES string of the molecule is COc1ccc2[nH]c(C)c(C=CC(=O)N3CCN(CCc4cccc(F)c4)CC3)c2c1. The van der Waals surface area contributed by atoms with Crippen molar-refractivity contribution in [3.05, 3.63) is 71.2 Å². The van der Waals surface area contributed by atoms with Gasteiger partial charge in [0.25, 0.3) is 0 Å². The number of ether oxygens (including phenoxy) is 1. The molecule has 2 aromatic carbocycles. The first-order valence-corrected chi connectivity index (χ1v) is 10.6. The van der Waals surface area contributed by atoms with Crippen molar-refractivity contribution in [1.82, 2.24) is 14.8 Å². The summed E-state index contributed by atoms with van der Waals surface area (Å²) in [4.78, 5) is 20.3. The first kappa shape index (κ1) is 21.1. The second-order valence-electron chi connectivity index (χ2n) is 7.96. The van der Waals surface area contributed by atoms with Crippen molar-refractivity contribution in [2.24, 2.45) is 0 Å². The van der Waals surface area contributed by atoms with Crippen LogP contribution in [0, 0.1) is 12.7 Å². The van der Waals surface area contributed by atoms with Gasteiger partial charge in [0, 0.05) is 61.0 Å². The summed E-state index contributed by atoms with van der Waals surface area (Å²) < 4.78 is 18.7. The minimum absolute atomic E-state index is 0.0291. The van der Waals surface area contributed by atoms with Crippen LogP contribution in [0.1, 0.15) is 16.8 Å². The summed E-state index contributed by atoms with van der Waals surface area (Å²) in [6, 6.07) is 12.7. The standard InChI is InChI=1S/C25H28FN3O2/c1-18-22(23-17-21(31-2)6-8-24(23)27-18)7-9-25(30)29-14-12-28(13-15-29)11-10-19-4-3-5-20(26)16-19/h3-9,16-17,27H,10-15H2,1-2H3. The molecular formula is C25H28FN3O2. The maximum atomic E-state index is 13.3. The van der Waals surface area contributed by atoms with E-state index in [2.05, 4.69) is 9.88 Å². The van der Waals surface area contributed by atoms with Crippen molar-refractivity contribution in [1.29, 1.82) is 0 Å². The fourth-order valence-corrected chi connectivity index (χ4v) is 4.10. The lowest BCUT2D eigenvalue weighted by molar-refractivity contribution is -0.127. The molecule has 0 bridgehead atoms. The van der Waals surface area contributed by atoms with Crippen LogP contribution in [0.2, 0.25) is 0 Å². The Morgan fingerprint density at radius 2 is 1.97 bits per heavy atom. The molecule has 5 nitrogen and oxygen atoms in total. The summed E-state index contributed by atoms with van der Waals surface area (Å²) in [6.45, 7) is 5.95. The molecule has 1 N–H and O–H groups in total. The van der Waals surface area contributed by atoms with Crippen molar-refractivity contribution in [3.63, 3.8) is 0 Å². The van der Waals surface area contributed by atoms with E-state index in [1.54, 1.807) is 25.3 Å². The lowest BCUT2D eigenvalue weighted by Gasteiger charge is -2.34. The number of aromatic nitrogens is 1. The number of amides is 1. The Kier molecular flexibility index (Phi) is 6.37. The van der Waals surface area contributed by atoms with Gasteiger partial charge in [0.05, 0.1) is 7.11 Å². The predicted molar refractivity (Wildman–Crippen MR) is 122 cm³/mol. The summed E-state index contributed by atoms with van der Waals surface area (Å²) in [5.41, 5.74) is 4.06. The Morgan fingerprint density at radius 1 is 1.16 bits per heavy atom. The number of hydrogen-bond acceptors (Lipinski definition) is 3. The topological polar surface area (TPSA) is 48.6 Å². The lowest BCUT2D eigenvalue weighted by atomic mass is 10.1. The van der Waals surface area contributed by atoms with Crippen molar-refractivity contribution in [2.45, 2.75) is 13.3 Å². The first-order valence-electron chi connectivity index (χ1n) is 10.6. The number of rotatable bonds is 6. The minimum Gasteiger partial charge on any atom is -0.497 e. The van der Waals surface area contributed by atoms with E-state index in [4.69, 9.17) is 4.74 Å². The van der Waals surface area contributed by atoms with E-state index >= 15 is 0 Å². The normalized spacial score (nSPS) is 15.1. The fourth-order valence-electron chi connectivity index (χ4n) is 4.10. The van der Waals surface area contributed by atoms with Gasteiger partial charge in [-0.15, -0.1) is 0 Å². The number of aromatic amines is 1. The van der Waals surface area contributed by atoms with Crippen LogP contribution in [0.15, 0.2) is 48.5 Å². The Hall–Kier alpha value is -3.12. The predicted octanol–water partition coefficient (Wildman–Crippen LogP) is 4.02. The number of nitrogens with one attached hydrogen (secondary N) is 1. The molecule has 3 aromatic rings. The average molecular weight is 422 g/mol. The Balaban J connectivity index is 1.33. The third-order valence-electron chi connectivity index (χ3n) is 5.93. The Morgan fingerprint density at radius 3 is 2.71 bits per heavy atom. The van der Waals surface area contributed by atoms with E-state index in [0.717, 1.165) is 59.5 Å². The number of carbonyl (C=O) groups is 1. The van der Waals surface area contributed by atoms with Crippen LogP contribution >= 0.6 is 0 Å². The van der Waals surface area contributed by atoms with Crippen molar-refractivity contribution >= 4 is 22.9 Å². The van der Waals surface area contributed by atoms with E-state index in [0.29, 0.717) is 13.1 Å². The van der Waals surface area contributed by atoms with E-state index in [-0.39, 0.29) is 11.7 Å². The number of halogens is 1. The summed E-state index contributed by atoms with van der Waals surface area (Å²) in [5, 5.41) is 1.04. The monoisotopic (exact) mass is 421 g/mol.